The number of nitrogens with two attached hydrogens (primary N) is 1. The summed E-state index contributed by atoms with van der Waals surface area (Å²) in [5, 5.41) is 4.41. The Kier molecular flexibility index (Phi) is 2.26. The van der Waals surface area contributed by atoms with Crippen LogP contribution in [0.4, 0.5) is 0 Å². The van der Waals surface area contributed by atoms with Crippen molar-refractivity contribution >= 4 is 11.6 Å². The third kappa shape index (κ3) is 1.47. The second-order valence-electron chi connectivity index (χ2n) is 1.96. The molecule has 4 nitrogen and oxygen atoms in total. The van der Waals surface area contributed by atoms with Crippen molar-refractivity contribution in [3.63, 3.8) is 0 Å². The molecule has 0 spiro atoms. The van der Waals surface area contributed by atoms with E-state index in [0.29, 0.717) is 11.7 Å². The summed E-state index contributed by atoms with van der Waals surface area (Å²) in [5.74, 6) is 5.10. The first kappa shape index (κ1) is 7.53. The van der Waals surface area contributed by atoms with Crippen LogP contribution in [0.5, 0.6) is 0 Å². The lowest BCUT2D eigenvalue weighted by Crippen LogP contribution is -2.22. The molecule has 0 unspecified atom stereocenters. The highest BCUT2D eigenvalue weighted by Gasteiger charge is 1.99. The molecule has 0 aliphatic heterocycles. The quantitative estimate of drug-likeness (QED) is 0.475. The molecule has 0 amide bonds. The molecule has 1 rings (SSSR count). The standard InChI is InChI=1S/C5H9ClN4/c1-10-4(3-8-7)2-5(6)9-10/h2,8H,3,7H2,1H3. The smallest absolute Gasteiger partial charge is 0.151 e. The summed E-state index contributed by atoms with van der Waals surface area (Å²) in [4.78, 5) is 0. The van der Waals surface area contributed by atoms with Gasteiger partial charge in [-0.25, -0.2) is 0 Å². The Morgan fingerprint density at radius 1 is 1.90 bits per heavy atom. The van der Waals surface area contributed by atoms with Gasteiger partial charge >= 0.3 is 0 Å². The van der Waals surface area contributed by atoms with Gasteiger partial charge in [0.05, 0.1) is 12.2 Å². The van der Waals surface area contributed by atoms with Crippen LogP contribution in [-0.2, 0) is 13.6 Å². The second kappa shape index (κ2) is 3.01. The third-order valence-electron chi connectivity index (χ3n) is 1.23. The van der Waals surface area contributed by atoms with Crippen molar-refractivity contribution in [3.05, 3.63) is 16.9 Å². The molecule has 0 radical (unpaired) electrons. The summed E-state index contributed by atoms with van der Waals surface area (Å²) in [6.07, 6.45) is 0. The van der Waals surface area contributed by atoms with Crippen LogP contribution in [0.2, 0.25) is 5.15 Å². The van der Waals surface area contributed by atoms with E-state index in [4.69, 9.17) is 17.4 Å². The fraction of sp³-hybridized carbons (Fsp3) is 0.400. The van der Waals surface area contributed by atoms with Crippen molar-refractivity contribution in [3.8, 4) is 0 Å². The van der Waals surface area contributed by atoms with Crippen LogP contribution in [0, 0.1) is 0 Å². The second-order valence-corrected chi connectivity index (χ2v) is 2.35. The molecule has 10 heavy (non-hydrogen) atoms. The Balaban J connectivity index is 2.81. The minimum Gasteiger partial charge on any atom is -0.271 e. The van der Waals surface area contributed by atoms with Crippen LogP contribution < -0.4 is 11.3 Å². The SMILES string of the molecule is Cn1nc(Cl)cc1CNN. The molecule has 0 fully saturated rings. The maximum Gasteiger partial charge on any atom is 0.151 e. The van der Waals surface area contributed by atoms with Crippen LogP contribution in [0.15, 0.2) is 6.07 Å². The predicted molar refractivity (Wildman–Crippen MR) is 39.2 cm³/mol. The van der Waals surface area contributed by atoms with Gasteiger partial charge in [0.15, 0.2) is 5.15 Å². The first-order valence-corrected chi connectivity index (χ1v) is 3.23. The molecular formula is C5H9ClN4. The zero-order valence-electron chi connectivity index (χ0n) is 5.63. The zero-order chi connectivity index (χ0) is 7.56. The molecule has 1 aromatic heterocycles. The number of nitrogens with one attached hydrogen (secondary N) is 1. The first-order valence-electron chi connectivity index (χ1n) is 2.86. The minimum absolute atomic E-state index is 0.493. The summed E-state index contributed by atoms with van der Waals surface area (Å²) in [6, 6.07) is 1.77. The maximum atomic E-state index is 5.60. The van der Waals surface area contributed by atoms with Crippen molar-refractivity contribution in [2.75, 3.05) is 0 Å². The van der Waals surface area contributed by atoms with Crippen molar-refractivity contribution < 1.29 is 0 Å². The average Bonchev–Trinajstić information content (AvgIpc) is 2.13. The summed E-state index contributed by atoms with van der Waals surface area (Å²) < 4.78 is 1.68. The topological polar surface area (TPSA) is 55.9 Å². The van der Waals surface area contributed by atoms with Crippen LogP contribution in [0.3, 0.4) is 0 Å². The number of rotatable bonds is 2. The van der Waals surface area contributed by atoms with E-state index < -0.39 is 0 Å². The summed E-state index contributed by atoms with van der Waals surface area (Å²) >= 11 is 5.60. The number of hydrogen-bond donors (Lipinski definition) is 2. The molecule has 3 N–H and O–H groups in total. The number of hydrogen-bond acceptors (Lipinski definition) is 3. The Bertz CT molecular complexity index is 219. The van der Waals surface area contributed by atoms with Gasteiger partial charge in [-0.3, -0.25) is 16.0 Å². The highest BCUT2D eigenvalue weighted by Crippen LogP contribution is 2.07. The van der Waals surface area contributed by atoms with E-state index in [1.54, 1.807) is 10.7 Å². The Morgan fingerprint density at radius 2 is 2.60 bits per heavy atom. The summed E-state index contributed by atoms with van der Waals surface area (Å²) in [5.41, 5.74) is 3.48. The normalized spacial score (nSPS) is 10.3. The van der Waals surface area contributed by atoms with Crippen molar-refractivity contribution in [2.45, 2.75) is 6.54 Å². The van der Waals surface area contributed by atoms with Gasteiger partial charge in [0.2, 0.25) is 0 Å². The lowest BCUT2D eigenvalue weighted by atomic mass is 10.4. The van der Waals surface area contributed by atoms with Gasteiger partial charge in [0.25, 0.3) is 0 Å². The minimum atomic E-state index is 0.493. The van der Waals surface area contributed by atoms with Gasteiger partial charge in [0.1, 0.15) is 0 Å². The monoisotopic (exact) mass is 160 g/mol. The molecule has 0 saturated carbocycles. The number of nitrogens with zero attached hydrogens (tertiary/aromatic N) is 2. The Morgan fingerprint density at radius 3 is 3.00 bits per heavy atom. The third-order valence-corrected chi connectivity index (χ3v) is 1.41. The van der Waals surface area contributed by atoms with Crippen molar-refractivity contribution in [2.24, 2.45) is 12.9 Å². The first-order chi connectivity index (χ1) is 4.74. The van der Waals surface area contributed by atoms with Gasteiger partial charge in [-0.05, 0) is 6.07 Å². The largest absolute Gasteiger partial charge is 0.271 e. The molecule has 0 aliphatic carbocycles. The van der Waals surface area contributed by atoms with E-state index >= 15 is 0 Å². The molecule has 1 aromatic rings. The van der Waals surface area contributed by atoms with Gasteiger partial charge in [0, 0.05) is 7.05 Å². The van der Waals surface area contributed by atoms with E-state index in [2.05, 4.69) is 10.5 Å². The molecule has 0 aliphatic rings. The number of halogens is 1. The lowest BCUT2D eigenvalue weighted by molar-refractivity contribution is 0.647. The van der Waals surface area contributed by atoms with Gasteiger partial charge in [-0.1, -0.05) is 11.6 Å². The van der Waals surface area contributed by atoms with Gasteiger partial charge < -0.3 is 0 Å². The van der Waals surface area contributed by atoms with E-state index in [9.17, 15) is 0 Å². The number of aromatic nitrogens is 2. The van der Waals surface area contributed by atoms with Crippen LogP contribution in [0.1, 0.15) is 5.69 Å². The van der Waals surface area contributed by atoms with Crippen molar-refractivity contribution in [1.29, 1.82) is 0 Å². The number of hydrazine groups is 1. The Labute approximate surface area is 63.9 Å². The van der Waals surface area contributed by atoms with Crippen LogP contribution in [-0.4, -0.2) is 9.78 Å². The maximum absolute atomic E-state index is 5.60. The molecular weight excluding hydrogens is 152 g/mol. The average molecular weight is 161 g/mol. The molecule has 56 valence electrons. The molecule has 5 heteroatoms. The van der Waals surface area contributed by atoms with Crippen LogP contribution >= 0.6 is 11.6 Å². The number of aryl methyl sites for hydroxylation is 1. The van der Waals surface area contributed by atoms with E-state index in [0.717, 1.165) is 5.69 Å². The van der Waals surface area contributed by atoms with E-state index in [1.807, 2.05) is 7.05 Å². The molecule has 1 heterocycles. The zero-order valence-corrected chi connectivity index (χ0v) is 6.39. The van der Waals surface area contributed by atoms with Crippen molar-refractivity contribution in [1.82, 2.24) is 15.2 Å². The molecule has 0 saturated heterocycles. The highest BCUT2D eigenvalue weighted by atomic mass is 35.5. The summed E-state index contributed by atoms with van der Waals surface area (Å²) in [6.45, 7) is 0.580. The molecule has 0 bridgehead atoms. The van der Waals surface area contributed by atoms with Gasteiger partial charge in [-0.2, -0.15) is 5.10 Å². The molecule has 0 aromatic carbocycles. The predicted octanol–water partition coefficient (Wildman–Crippen LogP) is 0.0368. The Hall–Kier alpha value is -0.580. The summed E-state index contributed by atoms with van der Waals surface area (Å²) in [7, 11) is 1.82. The lowest BCUT2D eigenvalue weighted by Gasteiger charge is -1.97. The fourth-order valence-corrected chi connectivity index (χ4v) is 0.977. The van der Waals surface area contributed by atoms with Gasteiger partial charge in [-0.15, -0.1) is 0 Å². The highest BCUT2D eigenvalue weighted by molar-refractivity contribution is 6.29. The van der Waals surface area contributed by atoms with Crippen LogP contribution in [0.25, 0.3) is 0 Å². The van der Waals surface area contributed by atoms with E-state index in [-0.39, 0.29) is 0 Å². The van der Waals surface area contributed by atoms with E-state index in [1.165, 1.54) is 0 Å². The molecule has 0 atom stereocenters. The fourth-order valence-electron chi connectivity index (χ4n) is 0.737.